The van der Waals surface area contributed by atoms with Crippen LogP contribution in [-0.4, -0.2) is 102 Å². The molecule has 0 aromatic rings. The lowest BCUT2D eigenvalue weighted by Gasteiger charge is -2.37. The molecule has 0 aliphatic rings. The summed E-state index contributed by atoms with van der Waals surface area (Å²) in [4.78, 5) is 53.6. The number of hydrogen-bond donors (Lipinski definition) is 1. The summed E-state index contributed by atoms with van der Waals surface area (Å²) in [6.07, 6.45) is 2.25. The smallest absolute Gasteiger partial charge is 0.246 e. The van der Waals surface area contributed by atoms with E-state index in [1.54, 1.807) is 38.9 Å². The minimum atomic E-state index is -1.12. The fourth-order valence-corrected chi connectivity index (χ4v) is 3.52. The highest BCUT2D eigenvalue weighted by molar-refractivity contribution is 5.91. The number of primary amides is 1. The first-order chi connectivity index (χ1) is 15.2. The molecule has 11 heteroatoms. The largest absolute Gasteiger partial charge is 0.371 e. The highest BCUT2D eigenvalue weighted by atomic mass is 16.6. The zero-order chi connectivity index (χ0) is 25.9. The Morgan fingerprint density at radius 3 is 2.15 bits per heavy atom. The van der Waals surface area contributed by atoms with Gasteiger partial charge in [0.2, 0.25) is 23.8 Å². The molecule has 190 valence electrons. The SMILES string of the molecule is C=CCOC(C)(C)C[C@@H](C(N)=O)N(C)C(=O)[C@@H](CC(CN(C)C)[N+](=O)[O-])N(C)C(=O)CCC. The monoisotopic (exact) mass is 471 g/mol. The zero-order valence-electron chi connectivity index (χ0n) is 21.1. The molecule has 0 saturated carbocycles. The number of nitro groups is 1. The van der Waals surface area contributed by atoms with E-state index in [0.29, 0.717) is 6.42 Å². The Balaban J connectivity index is 6.01. The number of nitrogens with zero attached hydrogens (tertiary/aromatic N) is 4. The van der Waals surface area contributed by atoms with Crippen molar-refractivity contribution in [1.82, 2.24) is 14.7 Å². The van der Waals surface area contributed by atoms with Crippen molar-refractivity contribution in [2.45, 2.75) is 70.2 Å². The Hall–Kier alpha value is -2.53. The summed E-state index contributed by atoms with van der Waals surface area (Å²) in [5.74, 6) is -1.63. The first kappa shape index (κ1) is 30.5. The summed E-state index contributed by atoms with van der Waals surface area (Å²) in [6.45, 7) is 9.30. The van der Waals surface area contributed by atoms with Crippen LogP contribution in [0.15, 0.2) is 12.7 Å². The van der Waals surface area contributed by atoms with Crippen molar-refractivity contribution < 1.29 is 24.0 Å². The van der Waals surface area contributed by atoms with Crippen LogP contribution in [-0.2, 0) is 19.1 Å². The lowest BCUT2D eigenvalue weighted by Crippen LogP contribution is -2.57. The molecule has 0 heterocycles. The number of ether oxygens (including phenoxy) is 1. The third-order valence-corrected chi connectivity index (χ3v) is 5.40. The van der Waals surface area contributed by atoms with Gasteiger partial charge in [0, 0.05) is 38.3 Å². The van der Waals surface area contributed by atoms with Crippen molar-refractivity contribution in [3.05, 3.63) is 22.8 Å². The van der Waals surface area contributed by atoms with E-state index >= 15 is 0 Å². The van der Waals surface area contributed by atoms with Crippen LogP contribution in [0.4, 0.5) is 0 Å². The van der Waals surface area contributed by atoms with Gasteiger partial charge in [-0.05, 0) is 34.4 Å². The Morgan fingerprint density at radius 1 is 1.15 bits per heavy atom. The molecule has 0 rings (SSSR count). The summed E-state index contributed by atoms with van der Waals surface area (Å²) in [5, 5.41) is 11.7. The maximum absolute atomic E-state index is 13.5. The zero-order valence-corrected chi connectivity index (χ0v) is 21.1. The third-order valence-electron chi connectivity index (χ3n) is 5.40. The molecule has 1 unspecified atom stereocenters. The number of rotatable bonds is 16. The molecule has 0 bridgehead atoms. The summed E-state index contributed by atoms with van der Waals surface area (Å²) in [7, 11) is 6.26. The molecular weight excluding hydrogens is 430 g/mol. The maximum Gasteiger partial charge on any atom is 0.246 e. The van der Waals surface area contributed by atoms with Gasteiger partial charge in [0.05, 0.1) is 18.8 Å². The van der Waals surface area contributed by atoms with Crippen molar-refractivity contribution in [3.8, 4) is 0 Å². The molecule has 3 atom stereocenters. The van der Waals surface area contributed by atoms with Crippen LogP contribution in [0.2, 0.25) is 0 Å². The van der Waals surface area contributed by atoms with E-state index in [9.17, 15) is 24.5 Å². The van der Waals surface area contributed by atoms with Crippen LogP contribution >= 0.6 is 0 Å². The molecule has 0 saturated heterocycles. The van der Waals surface area contributed by atoms with Crippen LogP contribution in [0, 0.1) is 10.1 Å². The molecule has 0 aliphatic carbocycles. The van der Waals surface area contributed by atoms with Crippen LogP contribution in [0.25, 0.3) is 0 Å². The fourth-order valence-electron chi connectivity index (χ4n) is 3.52. The van der Waals surface area contributed by atoms with E-state index in [4.69, 9.17) is 10.5 Å². The van der Waals surface area contributed by atoms with E-state index < -0.39 is 40.5 Å². The Kier molecular flexibility index (Phi) is 12.8. The number of hydrogen-bond acceptors (Lipinski definition) is 7. The molecule has 0 radical (unpaired) electrons. The van der Waals surface area contributed by atoms with Crippen LogP contribution < -0.4 is 5.73 Å². The van der Waals surface area contributed by atoms with E-state index in [1.807, 2.05) is 6.92 Å². The van der Waals surface area contributed by atoms with Crippen molar-refractivity contribution in [2.75, 3.05) is 41.3 Å². The van der Waals surface area contributed by atoms with Crippen molar-refractivity contribution >= 4 is 17.7 Å². The molecule has 0 spiro atoms. The van der Waals surface area contributed by atoms with Crippen LogP contribution in [0.5, 0.6) is 0 Å². The number of likely N-dealkylation sites (N-methyl/N-ethyl adjacent to an activating group) is 3. The summed E-state index contributed by atoms with van der Waals surface area (Å²) in [5.41, 5.74) is 4.81. The normalized spacial score (nSPS) is 14.3. The molecule has 3 amide bonds. The number of carbonyl (C=O) groups is 3. The fraction of sp³-hybridized carbons (Fsp3) is 0.773. The van der Waals surface area contributed by atoms with E-state index in [0.717, 1.165) is 0 Å². The topological polar surface area (TPSA) is 139 Å². The van der Waals surface area contributed by atoms with Crippen LogP contribution in [0.3, 0.4) is 0 Å². The highest BCUT2D eigenvalue weighted by Gasteiger charge is 2.40. The second-order valence-electron chi connectivity index (χ2n) is 9.14. The molecule has 11 nitrogen and oxygen atoms in total. The number of nitrogens with two attached hydrogens (primary N) is 1. The van der Waals surface area contributed by atoms with Gasteiger partial charge in [-0.3, -0.25) is 24.5 Å². The second-order valence-corrected chi connectivity index (χ2v) is 9.14. The van der Waals surface area contributed by atoms with Gasteiger partial charge in [-0.25, -0.2) is 0 Å². The maximum atomic E-state index is 13.5. The molecule has 0 aliphatic heterocycles. The second kappa shape index (κ2) is 13.9. The number of amides is 3. The minimum absolute atomic E-state index is 0.0952. The van der Waals surface area contributed by atoms with Gasteiger partial charge in [-0.2, -0.15) is 0 Å². The first-order valence-corrected chi connectivity index (χ1v) is 11.0. The minimum Gasteiger partial charge on any atom is -0.371 e. The number of carbonyl (C=O) groups excluding carboxylic acids is 3. The molecular formula is C22H41N5O6. The van der Waals surface area contributed by atoms with Crippen molar-refractivity contribution in [2.24, 2.45) is 5.73 Å². The average Bonchev–Trinajstić information content (AvgIpc) is 2.71. The molecule has 2 N–H and O–H groups in total. The molecule has 0 aromatic heterocycles. The van der Waals surface area contributed by atoms with Crippen LogP contribution in [0.1, 0.15) is 46.5 Å². The van der Waals surface area contributed by atoms with Gasteiger partial charge in [0.25, 0.3) is 0 Å². The summed E-state index contributed by atoms with van der Waals surface area (Å²) in [6, 6.07) is -3.24. The summed E-state index contributed by atoms with van der Waals surface area (Å²) >= 11 is 0. The van der Waals surface area contributed by atoms with Crippen molar-refractivity contribution in [3.63, 3.8) is 0 Å². The Labute approximate surface area is 197 Å². The molecule has 33 heavy (non-hydrogen) atoms. The third kappa shape index (κ3) is 10.3. The molecule has 0 fully saturated rings. The van der Waals surface area contributed by atoms with E-state index in [2.05, 4.69) is 6.58 Å². The average molecular weight is 472 g/mol. The van der Waals surface area contributed by atoms with Gasteiger partial charge in [-0.15, -0.1) is 6.58 Å². The van der Waals surface area contributed by atoms with Gasteiger partial charge in [0.15, 0.2) is 0 Å². The van der Waals surface area contributed by atoms with Gasteiger partial charge >= 0.3 is 0 Å². The van der Waals surface area contributed by atoms with Gasteiger partial charge < -0.3 is 25.2 Å². The lowest BCUT2D eigenvalue weighted by molar-refractivity contribution is -0.524. The molecule has 0 aromatic carbocycles. The van der Waals surface area contributed by atoms with Gasteiger partial charge in [-0.1, -0.05) is 13.0 Å². The standard InChI is InChI=1S/C22H41N5O6/c1-9-11-19(28)25(7)17(13-16(27(31)32)15-24(5)6)21(30)26(8)18(20(23)29)14-22(3,4)33-12-10-2/h10,16-18H,2,9,11-15H2,1,3-8H3,(H2,23,29)/t16?,17-,18+/m1/s1. The summed E-state index contributed by atoms with van der Waals surface area (Å²) < 4.78 is 5.68. The lowest BCUT2D eigenvalue weighted by atomic mass is 9.96. The predicted octanol–water partition coefficient (Wildman–Crippen LogP) is 0.894. The highest BCUT2D eigenvalue weighted by Crippen LogP contribution is 2.22. The van der Waals surface area contributed by atoms with E-state index in [1.165, 1.54) is 23.9 Å². The first-order valence-electron chi connectivity index (χ1n) is 11.0. The van der Waals surface area contributed by atoms with Gasteiger partial charge in [0.1, 0.15) is 12.1 Å². The Bertz CT molecular complexity index is 697. The van der Waals surface area contributed by atoms with E-state index in [-0.39, 0.29) is 38.3 Å². The quantitative estimate of drug-likeness (QED) is 0.200. The Morgan fingerprint density at radius 2 is 1.73 bits per heavy atom. The predicted molar refractivity (Wildman–Crippen MR) is 126 cm³/mol. The van der Waals surface area contributed by atoms with Crippen molar-refractivity contribution in [1.29, 1.82) is 0 Å².